The van der Waals surface area contributed by atoms with Gasteiger partial charge in [0.15, 0.2) is 0 Å². The molecule has 0 aliphatic heterocycles. The first-order chi connectivity index (χ1) is 11.2. The van der Waals surface area contributed by atoms with E-state index >= 15 is 0 Å². The lowest BCUT2D eigenvalue weighted by atomic mass is 9.71. The van der Waals surface area contributed by atoms with Gasteiger partial charge >= 0.3 is 0 Å². The smallest absolute Gasteiger partial charge is 0.0630 e. The van der Waals surface area contributed by atoms with Gasteiger partial charge < -0.3 is 4.90 Å². The Morgan fingerprint density at radius 2 is 1.48 bits per heavy atom. The summed E-state index contributed by atoms with van der Waals surface area (Å²) in [6, 6.07) is 21.3. The number of rotatable bonds is 8. The maximum atomic E-state index is 4.85. The van der Waals surface area contributed by atoms with Gasteiger partial charge in [0.05, 0.1) is 11.7 Å². The largest absolute Gasteiger partial charge is 0.309 e. The Kier molecular flexibility index (Phi) is 6.66. The lowest BCUT2D eigenvalue weighted by Crippen LogP contribution is -2.32. The SMILES string of the molecule is CN(C)CCCC(CN=C=S)(c1ccccc1)c1ccccc1. The highest BCUT2D eigenvalue weighted by molar-refractivity contribution is 7.78. The molecule has 2 aromatic carbocycles. The monoisotopic (exact) mass is 324 g/mol. The van der Waals surface area contributed by atoms with Gasteiger partial charge in [0.2, 0.25) is 0 Å². The van der Waals surface area contributed by atoms with Crippen LogP contribution in [0.2, 0.25) is 0 Å². The summed E-state index contributed by atoms with van der Waals surface area (Å²) in [7, 11) is 4.23. The zero-order chi connectivity index (χ0) is 16.5. The van der Waals surface area contributed by atoms with Crippen molar-refractivity contribution >= 4 is 17.4 Å². The Hall–Kier alpha value is -1.80. The van der Waals surface area contributed by atoms with Crippen molar-refractivity contribution in [3.63, 3.8) is 0 Å². The zero-order valence-electron chi connectivity index (χ0n) is 13.9. The van der Waals surface area contributed by atoms with Crippen molar-refractivity contribution < 1.29 is 0 Å². The molecule has 0 aliphatic rings. The molecule has 120 valence electrons. The number of benzene rings is 2. The molecule has 0 spiro atoms. The fourth-order valence-electron chi connectivity index (χ4n) is 3.10. The molecule has 0 heterocycles. The molecule has 2 rings (SSSR count). The van der Waals surface area contributed by atoms with Crippen LogP contribution < -0.4 is 0 Å². The molecule has 0 bridgehead atoms. The fourth-order valence-corrected chi connectivity index (χ4v) is 3.16. The molecule has 0 N–H and O–H groups in total. The van der Waals surface area contributed by atoms with Crippen LogP contribution in [0.4, 0.5) is 0 Å². The number of hydrogen-bond donors (Lipinski definition) is 0. The van der Waals surface area contributed by atoms with Crippen LogP contribution in [0, 0.1) is 0 Å². The molecule has 0 radical (unpaired) electrons. The van der Waals surface area contributed by atoms with Crippen molar-refractivity contribution in [3.05, 3.63) is 71.8 Å². The minimum atomic E-state index is -0.148. The third-order valence-electron chi connectivity index (χ3n) is 4.28. The molecule has 0 fully saturated rings. The van der Waals surface area contributed by atoms with Gasteiger partial charge in [0.1, 0.15) is 0 Å². The maximum absolute atomic E-state index is 4.85. The van der Waals surface area contributed by atoms with Gasteiger partial charge in [0.25, 0.3) is 0 Å². The summed E-state index contributed by atoms with van der Waals surface area (Å²) >= 11 is 4.85. The minimum Gasteiger partial charge on any atom is -0.309 e. The second-order valence-corrected chi connectivity index (χ2v) is 6.31. The molecular formula is C20H24N2S. The van der Waals surface area contributed by atoms with Crippen molar-refractivity contribution in [2.75, 3.05) is 27.2 Å². The van der Waals surface area contributed by atoms with Gasteiger partial charge in [0, 0.05) is 5.41 Å². The second-order valence-electron chi connectivity index (χ2n) is 6.13. The van der Waals surface area contributed by atoms with E-state index in [2.05, 4.69) is 89.8 Å². The van der Waals surface area contributed by atoms with Crippen molar-refractivity contribution in [3.8, 4) is 0 Å². The summed E-state index contributed by atoms with van der Waals surface area (Å²) in [6.45, 7) is 1.70. The molecule has 0 saturated carbocycles. The Morgan fingerprint density at radius 1 is 0.957 bits per heavy atom. The van der Waals surface area contributed by atoms with Crippen LogP contribution in [-0.2, 0) is 5.41 Å². The normalized spacial score (nSPS) is 11.3. The molecule has 0 unspecified atom stereocenters. The molecule has 0 aliphatic carbocycles. The highest BCUT2D eigenvalue weighted by Crippen LogP contribution is 2.37. The summed E-state index contributed by atoms with van der Waals surface area (Å²) in [4.78, 5) is 6.57. The van der Waals surface area contributed by atoms with E-state index in [9.17, 15) is 0 Å². The highest BCUT2D eigenvalue weighted by Gasteiger charge is 2.33. The predicted molar refractivity (Wildman–Crippen MR) is 101 cm³/mol. The first kappa shape index (κ1) is 17.6. The van der Waals surface area contributed by atoms with Crippen LogP contribution in [0.1, 0.15) is 24.0 Å². The summed E-state index contributed by atoms with van der Waals surface area (Å²) < 4.78 is 0. The number of hydrogen-bond acceptors (Lipinski definition) is 3. The lowest BCUT2D eigenvalue weighted by Gasteiger charge is -2.34. The second kappa shape index (κ2) is 8.73. The Balaban J connectivity index is 2.46. The average molecular weight is 324 g/mol. The van der Waals surface area contributed by atoms with Crippen LogP contribution >= 0.6 is 12.2 Å². The van der Waals surface area contributed by atoms with Gasteiger partial charge in [-0.2, -0.15) is 0 Å². The first-order valence-electron chi connectivity index (χ1n) is 7.98. The van der Waals surface area contributed by atoms with Gasteiger partial charge in [-0.1, -0.05) is 60.7 Å². The van der Waals surface area contributed by atoms with Crippen LogP contribution in [0.5, 0.6) is 0 Å². The molecule has 23 heavy (non-hydrogen) atoms. The highest BCUT2D eigenvalue weighted by atomic mass is 32.1. The summed E-state index contributed by atoms with van der Waals surface area (Å²) in [5.74, 6) is 0. The maximum Gasteiger partial charge on any atom is 0.0630 e. The Labute approximate surface area is 144 Å². The van der Waals surface area contributed by atoms with E-state index in [1.54, 1.807) is 0 Å². The molecule has 3 heteroatoms. The number of isothiocyanates is 1. The average Bonchev–Trinajstić information content (AvgIpc) is 2.59. The van der Waals surface area contributed by atoms with Gasteiger partial charge in [-0.05, 0) is 56.8 Å². The molecule has 0 saturated heterocycles. The Morgan fingerprint density at radius 3 is 1.91 bits per heavy atom. The summed E-state index contributed by atoms with van der Waals surface area (Å²) in [6.07, 6.45) is 2.13. The van der Waals surface area contributed by atoms with Gasteiger partial charge in [-0.3, -0.25) is 0 Å². The van der Waals surface area contributed by atoms with E-state index in [4.69, 9.17) is 12.2 Å². The third-order valence-corrected chi connectivity index (χ3v) is 4.40. The van der Waals surface area contributed by atoms with Crippen LogP contribution in [0.25, 0.3) is 0 Å². The van der Waals surface area contributed by atoms with Crippen LogP contribution in [0.3, 0.4) is 0 Å². The molecular weight excluding hydrogens is 300 g/mol. The zero-order valence-corrected chi connectivity index (χ0v) is 14.7. The van der Waals surface area contributed by atoms with Crippen molar-refractivity contribution in [2.24, 2.45) is 4.99 Å². The van der Waals surface area contributed by atoms with Crippen molar-refractivity contribution in [1.82, 2.24) is 4.90 Å². The number of thiocarbonyl (C=S) groups is 1. The summed E-state index contributed by atoms with van der Waals surface area (Å²) in [5.41, 5.74) is 2.43. The van der Waals surface area contributed by atoms with E-state index in [1.165, 1.54) is 11.1 Å². The minimum absolute atomic E-state index is 0.148. The topological polar surface area (TPSA) is 15.6 Å². The van der Waals surface area contributed by atoms with Crippen LogP contribution in [-0.4, -0.2) is 37.2 Å². The Bertz CT molecular complexity index is 592. The molecule has 0 amide bonds. The number of aliphatic imine (C=N–C) groups is 1. The molecule has 2 nitrogen and oxygen atoms in total. The number of nitrogens with zero attached hydrogens (tertiary/aromatic N) is 2. The van der Waals surface area contributed by atoms with E-state index in [0.717, 1.165) is 19.4 Å². The first-order valence-corrected chi connectivity index (χ1v) is 8.39. The van der Waals surface area contributed by atoms with Crippen molar-refractivity contribution in [1.29, 1.82) is 0 Å². The standard InChI is InChI=1S/C20H24N2S/c1-22(2)15-9-14-20(16-21-17-23,18-10-5-3-6-11-18)19-12-7-4-8-13-19/h3-8,10-13H,9,14-16H2,1-2H3. The third kappa shape index (κ3) is 4.59. The van der Waals surface area contributed by atoms with Crippen molar-refractivity contribution in [2.45, 2.75) is 18.3 Å². The van der Waals surface area contributed by atoms with E-state index in [-0.39, 0.29) is 5.41 Å². The summed E-state index contributed by atoms with van der Waals surface area (Å²) in [5, 5.41) is 2.56. The van der Waals surface area contributed by atoms with Gasteiger partial charge in [-0.15, -0.1) is 0 Å². The quantitative estimate of drug-likeness (QED) is 0.528. The molecule has 0 aromatic heterocycles. The lowest BCUT2D eigenvalue weighted by molar-refractivity contribution is 0.363. The van der Waals surface area contributed by atoms with Gasteiger partial charge in [-0.25, -0.2) is 4.99 Å². The van der Waals surface area contributed by atoms with E-state index in [1.807, 2.05) is 0 Å². The van der Waals surface area contributed by atoms with E-state index < -0.39 is 0 Å². The fraction of sp³-hybridized carbons (Fsp3) is 0.350. The molecule has 0 atom stereocenters. The van der Waals surface area contributed by atoms with E-state index in [0.29, 0.717) is 6.54 Å². The predicted octanol–water partition coefficient (Wildman–Crippen LogP) is 4.42. The van der Waals surface area contributed by atoms with Crippen LogP contribution in [0.15, 0.2) is 65.7 Å². The molecule has 2 aromatic rings.